The zero-order chi connectivity index (χ0) is 12.6. The molecule has 2 rings (SSSR count). The number of carbonyl (C=O) groups is 1. The van der Waals surface area contributed by atoms with Crippen LogP contribution in [0.4, 0.5) is 4.39 Å². The minimum absolute atomic E-state index is 0.0584. The van der Waals surface area contributed by atoms with Crippen LogP contribution in [-0.2, 0) is 0 Å². The zero-order valence-electron chi connectivity index (χ0n) is 9.57. The van der Waals surface area contributed by atoms with Gasteiger partial charge in [-0.25, -0.2) is 9.18 Å². The summed E-state index contributed by atoms with van der Waals surface area (Å²) in [5.41, 5.74) is 1.24. The molecule has 4 heteroatoms. The highest BCUT2D eigenvalue weighted by Gasteiger charge is 2.17. The maximum Gasteiger partial charge on any atom is 0.336 e. The van der Waals surface area contributed by atoms with Gasteiger partial charge in [0.25, 0.3) is 0 Å². The first kappa shape index (κ1) is 11.5. The van der Waals surface area contributed by atoms with Gasteiger partial charge in [0.05, 0.1) is 11.1 Å². The van der Waals surface area contributed by atoms with Crippen molar-refractivity contribution in [3.8, 4) is 0 Å². The Kier molecular flexibility index (Phi) is 2.79. The highest BCUT2D eigenvalue weighted by atomic mass is 19.1. The van der Waals surface area contributed by atoms with E-state index >= 15 is 0 Å². The number of hydrogen-bond acceptors (Lipinski definition) is 2. The molecule has 0 unspecified atom stereocenters. The van der Waals surface area contributed by atoms with E-state index in [1.54, 1.807) is 0 Å². The molecule has 0 radical (unpaired) electrons. The summed E-state index contributed by atoms with van der Waals surface area (Å²) in [7, 11) is 0. The van der Waals surface area contributed by atoms with Crippen molar-refractivity contribution in [2.24, 2.45) is 0 Å². The van der Waals surface area contributed by atoms with Crippen LogP contribution in [0, 0.1) is 5.82 Å². The number of pyridine rings is 1. The summed E-state index contributed by atoms with van der Waals surface area (Å²) in [5.74, 6) is -1.37. The van der Waals surface area contributed by atoms with Crippen LogP contribution in [0.3, 0.4) is 0 Å². The van der Waals surface area contributed by atoms with E-state index in [1.807, 2.05) is 13.8 Å². The summed E-state index contributed by atoms with van der Waals surface area (Å²) in [4.78, 5) is 15.4. The molecule has 0 saturated carbocycles. The Morgan fingerprint density at radius 2 is 2.12 bits per heavy atom. The molecule has 0 saturated heterocycles. The van der Waals surface area contributed by atoms with Crippen molar-refractivity contribution in [3.05, 3.63) is 41.3 Å². The van der Waals surface area contributed by atoms with Gasteiger partial charge in [0, 0.05) is 17.6 Å². The summed E-state index contributed by atoms with van der Waals surface area (Å²) in [6.07, 6.45) is 1.51. The number of carboxylic acid groups (broad SMARTS) is 1. The fourth-order valence-electron chi connectivity index (χ4n) is 1.86. The SMILES string of the molecule is CC(C)c1cnc2cc(F)ccc2c1C(=O)O. The van der Waals surface area contributed by atoms with E-state index in [0.717, 1.165) is 0 Å². The van der Waals surface area contributed by atoms with Gasteiger partial charge in [0.15, 0.2) is 0 Å². The molecule has 0 aliphatic carbocycles. The van der Waals surface area contributed by atoms with Gasteiger partial charge in [0.2, 0.25) is 0 Å². The summed E-state index contributed by atoms with van der Waals surface area (Å²) in [6, 6.07) is 3.96. The number of halogens is 1. The highest BCUT2D eigenvalue weighted by Crippen LogP contribution is 2.26. The molecule has 0 fully saturated rings. The number of aromatic nitrogens is 1. The summed E-state index contributed by atoms with van der Waals surface area (Å²) in [6.45, 7) is 3.80. The maximum absolute atomic E-state index is 13.0. The molecule has 1 N–H and O–H groups in total. The molecular weight excluding hydrogens is 221 g/mol. The Hall–Kier alpha value is -1.97. The van der Waals surface area contributed by atoms with Crippen LogP contribution < -0.4 is 0 Å². The van der Waals surface area contributed by atoms with Gasteiger partial charge in [0.1, 0.15) is 5.82 Å². The third kappa shape index (κ3) is 1.98. The standard InChI is InChI=1S/C13H12FNO2/c1-7(2)10-6-15-11-5-8(14)3-4-9(11)12(10)13(16)17/h3-7H,1-2H3,(H,16,17). The average molecular weight is 233 g/mol. The molecule has 0 amide bonds. The van der Waals surface area contributed by atoms with Gasteiger partial charge in [-0.05, 0) is 23.6 Å². The number of nitrogens with zero attached hydrogens (tertiary/aromatic N) is 1. The number of fused-ring (bicyclic) bond motifs is 1. The van der Waals surface area contributed by atoms with Crippen LogP contribution in [0.25, 0.3) is 10.9 Å². The van der Waals surface area contributed by atoms with Gasteiger partial charge in [-0.2, -0.15) is 0 Å². The van der Waals surface area contributed by atoms with Gasteiger partial charge >= 0.3 is 5.97 Å². The van der Waals surface area contributed by atoms with Crippen molar-refractivity contribution in [2.75, 3.05) is 0 Å². The number of aromatic carboxylic acids is 1. The lowest BCUT2D eigenvalue weighted by Crippen LogP contribution is -2.06. The number of rotatable bonds is 2. The third-order valence-corrected chi connectivity index (χ3v) is 2.70. The van der Waals surface area contributed by atoms with Crippen molar-refractivity contribution in [2.45, 2.75) is 19.8 Å². The van der Waals surface area contributed by atoms with Crippen molar-refractivity contribution in [1.29, 1.82) is 0 Å². The molecule has 1 heterocycles. The second-order valence-electron chi connectivity index (χ2n) is 4.21. The van der Waals surface area contributed by atoms with E-state index in [-0.39, 0.29) is 11.5 Å². The first-order valence-electron chi connectivity index (χ1n) is 5.32. The fourth-order valence-corrected chi connectivity index (χ4v) is 1.86. The zero-order valence-corrected chi connectivity index (χ0v) is 9.57. The third-order valence-electron chi connectivity index (χ3n) is 2.70. The summed E-state index contributed by atoms with van der Waals surface area (Å²) >= 11 is 0. The molecule has 2 aromatic rings. The molecule has 0 aliphatic rings. The van der Waals surface area contributed by atoms with Crippen LogP contribution in [0.5, 0.6) is 0 Å². The van der Waals surface area contributed by atoms with Crippen molar-refractivity contribution >= 4 is 16.9 Å². The van der Waals surface area contributed by atoms with Crippen molar-refractivity contribution < 1.29 is 14.3 Å². The average Bonchev–Trinajstić information content (AvgIpc) is 2.26. The molecule has 1 aromatic heterocycles. The first-order valence-corrected chi connectivity index (χ1v) is 5.32. The molecule has 1 aromatic carbocycles. The van der Waals surface area contributed by atoms with E-state index in [2.05, 4.69) is 4.98 Å². The van der Waals surface area contributed by atoms with E-state index in [1.165, 1.54) is 24.4 Å². The highest BCUT2D eigenvalue weighted by molar-refractivity contribution is 6.03. The van der Waals surface area contributed by atoms with Crippen LogP contribution >= 0.6 is 0 Å². The fraction of sp³-hybridized carbons (Fsp3) is 0.231. The molecule has 17 heavy (non-hydrogen) atoms. The van der Waals surface area contributed by atoms with Gasteiger partial charge in [-0.1, -0.05) is 13.8 Å². The van der Waals surface area contributed by atoms with Crippen molar-refractivity contribution in [1.82, 2.24) is 4.98 Å². The number of carboxylic acids is 1. The van der Waals surface area contributed by atoms with E-state index in [9.17, 15) is 14.3 Å². The Bertz CT molecular complexity index is 593. The molecule has 0 bridgehead atoms. The lowest BCUT2D eigenvalue weighted by molar-refractivity contribution is 0.0697. The quantitative estimate of drug-likeness (QED) is 0.866. The minimum Gasteiger partial charge on any atom is -0.478 e. The largest absolute Gasteiger partial charge is 0.478 e. The molecular formula is C13H12FNO2. The van der Waals surface area contributed by atoms with Crippen LogP contribution in [0.15, 0.2) is 24.4 Å². The predicted molar refractivity (Wildman–Crippen MR) is 62.7 cm³/mol. The van der Waals surface area contributed by atoms with Crippen molar-refractivity contribution in [3.63, 3.8) is 0 Å². The Morgan fingerprint density at radius 3 is 2.71 bits per heavy atom. The van der Waals surface area contributed by atoms with Crippen LogP contribution in [0.2, 0.25) is 0 Å². The topological polar surface area (TPSA) is 50.2 Å². The maximum atomic E-state index is 13.0. The van der Waals surface area contributed by atoms with E-state index in [4.69, 9.17) is 0 Å². The monoisotopic (exact) mass is 233 g/mol. The smallest absolute Gasteiger partial charge is 0.336 e. The normalized spacial score (nSPS) is 11.1. The van der Waals surface area contributed by atoms with Gasteiger partial charge in [-0.15, -0.1) is 0 Å². The lowest BCUT2D eigenvalue weighted by atomic mass is 9.96. The van der Waals surface area contributed by atoms with E-state index < -0.39 is 11.8 Å². The second kappa shape index (κ2) is 4.13. The molecule has 88 valence electrons. The molecule has 3 nitrogen and oxygen atoms in total. The van der Waals surface area contributed by atoms with Crippen LogP contribution in [-0.4, -0.2) is 16.1 Å². The molecule has 0 spiro atoms. The Morgan fingerprint density at radius 1 is 1.41 bits per heavy atom. The summed E-state index contributed by atoms with van der Waals surface area (Å²) < 4.78 is 13.0. The Labute approximate surface area is 97.9 Å². The van der Waals surface area contributed by atoms with Crippen LogP contribution in [0.1, 0.15) is 35.7 Å². The van der Waals surface area contributed by atoms with E-state index in [0.29, 0.717) is 16.5 Å². The number of benzene rings is 1. The molecule has 0 atom stereocenters. The Balaban J connectivity index is 2.84. The minimum atomic E-state index is -1.01. The number of hydrogen-bond donors (Lipinski definition) is 1. The molecule has 0 aliphatic heterocycles. The first-order chi connectivity index (χ1) is 8.00. The second-order valence-corrected chi connectivity index (χ2v) is 4.21. The van der Waals surface area contributed by atoms with Gasteiger partial charge in [-0.3, -0.25) is 4.98 Å². The lowest BCUT2D eigenvalue weighted by Gasteiger charge is -2.11. The predicted octanol–water partition coefficient (Wildman–Crippen LogP) is 3.20. The van der Waals surface area contributed by atoms with Gasteiger partial charge < -0.3 is 5.11 Å². The summed E-state index contributed by atoms with van der Waals surface area (Å²) in [5, 5.41) is 9.74.